The Morgan fingerprint density at radius 1 is 1.17 bits per heavy atom. The van der Waals surface area contributed by atoms with Crippen molar-refractivity contribution in [1.82, 2.24) is 18.8 Å². The van der Waals surface area contributed by atoms with Crippen molar-refractivity contribution in [1.29, 1.82) is 5.26 Å². The molecule has 1 N–H and O–H groups in total. The molecule has 4 aromatic rings. The Morgan fingerprint density at radius 3 is 2.92 bits per heavy atom. The number of aromatic nitrogens is 4. The van der Waals surface area contributed by atoms with Crippen molar-refractivity contribution < 1.29 is 0 Å². The predicted molar refractivity (Wildman–Crippen MR) is 92.3 cm³/mol. The van der Waals surface area contributed by atoms with Crippen LogP contribution in [-0.2, 0) is 6.42 Å². The van der Waals surface area contributed by atoms with Crippen LogP contribution >= 0.6 is 11.6 Å². The number of hydrogen-bond acceptors (Lipinski definition) is 4. The average Bonchev–Trinajstić information content (AvgIpc) is 3.14. The first-order valence-corrected chi connectivity index (χ1v) is 7.86. The summed E-state index contributed by atoms with van der Waals surface area (Å²) in [5.74, 6) is 0.559. The molecule has 6 nitrogen and oxygen atoms in total. The van der Waals surface area contributed by atoms with Crippen molar-refractivity contribution in [2.75, 3.05) is 11.9 Å². The Kier molecular flexibility index (Phi) is 3.56. The average molecular weight is 337 g/mol. The summed E-state index contributed by atoms with van der Waals surface area (Å²) < 4.78 is 3.71. The zero-order chi connectivity index (χ0) is 16.5. The molecular weight excluding hydrogens is 324 g/mol. The first-order chi connectivity index (χ1) is 11.7. The molecule has 0 atom stereocenters. The van der Waals surface area contributed by atoms with Gasteiger partial charge in [0.25, 0.3) is 0 Å². The first-order valence-electron chi connectivity index (χ1n) is 7.49. The molecule has 4 rings (SSSR count). The third kappa shape index (κ3) is 2.55. The van der Waals surface area contributed by atoms with E-state index in [1.807, 2.05) is 35.0 Å². The monoisotopic (exact) mass is 336 g/mol. The van der Waals surface area contributed by atoms with E-state index < -0.39 is 0 Å². The molecular formula is C17H13ClN6. The molecule has 24 heavy (non-hydrogen) atoms. The molecule has 0 aliphatic carbocycles. The maximum Gasteiger partial charge on any atom is 0.168 e. The van der Waals surface area contributed by atoms with Crippen LogP contribution in [0.25, 0.3) is 11.3 Å². The lowest BCUT2D eigenvalue weighted by Gasteiger charge is -2.01. The molecule has 0 fully saturated rings. The number of anilines is 1. The van der Waals surface area contributed by atoms with E-state index in [-0.39, 0.29) is 0 Å². The van der Waals surface area contributed by atoms with Crippen LogP contribution in [0.1, 0.15) is 11.4 Å². The van der Waals surface area contributed by atoms with Gasteiger partial charge in [0.05, 0.1) is 5.69 Å². The van der Waals surface area contributed by atoms with Crippen molar-refractivity contribution in [3.63, 3.8) is 0 Å². The summed E-state index contributed by atoms with van der Waals surface area (Å²) in [4.78, 5) is 8.99. The summed E-state index contributed by atoms with van der Waals surface area (Å²) in [7, 11) is 0. The molecule has 0 aliphatic rings. The zero-order valence-electron chi connectivity index (χ0n) is 12.6. The van der Waals surface area contributed by atoms with Gasteiger partial charge < -0.3 is 9.72 Å². The van der Waals surface area contributed by atoms with E-state index in [1.165, 1.54) is 0 Å². The van der Waals surface area contributed by atoms with Gasteiger partial charge in [0.1, 0.15) is 17.4 Å². The van der Waals surface area contributed by atoms with Crippen molar-refractivity contribution in [2.24, 2.45) is 0 Å². The van der Waals surface area contributed by atoms with Gasteiger partial charge in [-0.2, -0.15) is 5.26 Å². The minimum atomic E-state index is 0.469. The fourth-order valence-corrected chi connectivity index (χ4v) is 2.82. The minimum absolute atomic E-state index is 0.469. The molecule has 7 heteroatoms. The van der Waals surface area contributed by atoms with E-state index in [1.54, 1.807) is 22.7 Å². The summed E-state index contributed by atoms with van der Waals surface area (Å²) in [5.41, 5.74) is 3.03. The number of nitrogens with zero attached hydrogens (tertiary/aromatic N) is 5. The summed E-state index contributed by atoms with van der Waals surface area (Å²) >= 11 is 5.98. The lowest BCUT2D eigenvalue weighted by Crippen LogP contribution is -2.06. The summed E-state index contributed by atoms with van der Waals surface area (Å²) in [6.45, 7) is 0.635. The number of rotatable bonds is 4. The van der Waals surface area contributed by atoms with Crippen LogP contribution in [0.3, 0.4) is 0 Å². The normalized spacial score (nSPS) is 11.0. The topological polar surface area (TPSA) is 70.4 Å². The third-order valence-electron chi connectivity index (χ3n) is 3.78. The highest BCUT2D eigenvalue weighted by Gasteiger charge is 2.12. The Labute approximate surface area is 143 Å². The largest absolute Gasteiger partial charge is 0.367 e. The Balaban J connectivity index is 1.53. The van der Waals surface area contributed by atoms with Gasteiger partial charge >= 0.3 is 0 Å². The molecule has 118 valence electrons. The number of nitrogens with one attached hydrogen (secondary N) is 1. The van der Waals surface area contributed by atoms with Crippen LogP contribution < -0.4 is 5.32 Å². The third-order valence-corrected chi connectivity index (χ3v) is 4.02. The highest BCUT2D eigenvalue weighted by Crippen LogP contribution is 2.19. The lowest BCUT2D eigenvalue weighted by molar-refractivity contribution is 0.972. The molecule has 0 amide bonds. The number of fused-ring (bicyclic) bond motifs is 2. The van der Waals surface area contributed by atoms with Crippen molar-refractivity contribution >= 4 is 28.7 Å². The summed E-state index contributed by atoms with van der Waals surface area (Å²) in [6, 6.07) is 11.6. The molecule has 0 saturated carbocycles. The van der Waals surface area contributed by atoms with Crippen LogP contribution in [0.2, 0.25) is 5.02 Å². The number of halogens is 1. The van der Waals surface area contributed by atoms with Gasteiger partial charge in [-0.05, 0) is 18.2 Å². The maximum atomic E-state index is 9.39. The minimum Gasteiger partial charge on any atom is -0.367 e. The standard InChI is InChI=1S/C17H13ClN6/c18-12-5-8-24-14(10-19)17(22-16(24)9-12)20-6-4-13-11-23-7-2-1-3-15(23)21-13/h1-3,5,7-9,11,20H,4,6H2. The molecule has 0 radical (unpaired) electrons. The molecule has 4 aromatic heterocycles. The molecule has 4 heterocycles. The van der Waals surface area contributed by atoms with E-state index in [2.05, 4.69) is 21.4 Å². The lowest BCUT2D eigenvalue weighted by atomic mass is 10.3. The van der Waals surface area contributed by atoms with Gasteiger partial charge in [-0.15, -0.1) is 0 Å². The second-order valence-corrected chi connectivity index (χ2v) is 5.81. The number of hydrogen-bond donors (Lipinski definition) is 1. The quantitative estimate of drug-likeness (QED) is 0.621. The molecule has 0 aliphatic heterocycles. The van der Waals surface area contributed by atoms with E-state index in [4.69, 9.17) is 11.6 Å². The van der Waals surface area contributed by atoms with Gasteiger partial charge in [0.15, 0.2) is 11.5 Å². The van der Waals surface area contributed by atoms with E-state index in [0.29, 0.717) is 28.7 Å². The summed E-state index contributed by atoms with van der Waals surface area (Å²) in [5, 5.41) is 13.2. The zero-order valence-corrected chi connectivity index (χ0v) is 13.4. The second kappa shape index (κ2) is 5.87. The highest BCUT2D eigenvalue weighted by molar-refractivity contribution is 6.30. The van der Waals surface area contributed by atoms with Gasteiger partial charge in [-0.25, -0.2) is 9.97 Å². The summed E-state index contributed by atoms with van der Waals surface area (Å²) in [6.07, 6.45) is 6.46. The fourth-order valence-electron chi connectivity index (χ4n) is 2.67. The van der Waals surface area contributed by atoms with E-state index in [0.717, 1.165) is 17.8 Å². The Morgan fingerprint density at radius 2 is 2.08 bits per heavy atom. The molecule has 0 aromatic carbocycles. The molecule has 0 spiro atoms. The van der Waals surface area contributed by atoms with Crippen LogP contribution in [0.4, 0.5) is 5.82 Å². The van der Waals surface area contributed by atoms with Gasteiger partial charge in [0.2, 0.25) is 0 Å². The van der Waals surface area contributed by atoms with Crippen LogP contribution in [0.15, 0.2) is 48.9 Å². The van der Waals surface area contributed by atoms with Crippen molar-refractivity contribution in [3.05, 3.63) is 65.3 Å². The number of imidazole rings is 2. The Bertz CT molecular complexity index is 1040. The van der Waals surface area contributed by atoms with Crippen molar-refractivity contribution in [2.45, 2.75) is 6.42 Å². The van der Waals surface area contributed by atoms with Gasteiger partial charge in [-0.1, -0.05) is 17.7 Å². The van der Waals surface area contributed by atoms with E-state index >= 15 is 0 Å². The SMILES string of the molecule is N#Cc1c(NCCc2cn3ccccc3n2)nc2cc(Cl)ccn12. The van der Waals surface area contributed by atoms with E-state index in [9.17, 15) is 5.26 Å². The van der Waals surface area contributed by atoms with Crippen LogP contribution in [0.5, 0.6) is 0 Å². The number of pyridine rings is 2. The first kappa shape index (κ1) is 14.5. The second-order valence-electron chi connectivity index (χ2n) is 5.37. The maximum absolute atomic E-state index is 9.39. The van der Waals surface area contributed by atoms with Crippen LogP contribution in [-0.4, -0.2) is 25.3 Å². The molecule has 0 bridgehead atoms. The smallest absolute Gasteiger partial charge is 0.168 e. The molecule has 0 unspecified atom stereocenters. The van der Waals surface area contributed by atoms with Gasteiger partial charge in [0, 0.05) is 42.6 Å². The predicted octanol–water partition coefficient (Wildman–Crippen LogP) is 3.16. The highest BCUT2D eigenvalue weighted by atomic mass is 35.5. The molecule has 0 saturated heterocycles. The Hall–Kier alpha value is -3.04. The van der Waals surface area contributed by atoms with Crippen molar-refractivity contribution in [3.8, 4) is 6.07 Å². The van der Waals surface area contributed by atoms with Gasteiger partial charge in [-0.3, -0.25) is 4.40 Å². The fraction of sp³-hybridized carbons (Fsp3) is 0.118. The van der Waals surface area contributed by atoms with Crippen LogP contribution in [0, 0.1) is 11.3 Å². The number of nitriles is 1.